The van der Waals surface area contributed by atoms with Gasteiger partial charge >= 0.3 is 5.97 Å². The summed E-state index contributed by atoms with van der Waals surface area (Å²) in [4.78, 5) is 52.3. The highest BCUT2D eigenvalue weighted by molar-refractivity contribution is 6.25. The summed E-state index contributed by atoms with van der Waals surface area (Å²) in [6.45, 7) is 6.33. The Labute approximate surface area is 246 Å². The molecule has 0 fully saturated rings. The molecule has 2 aliphatic rings. The zero-order chi connectivity index (χ0) is 31.7. The number of aliphatic hydroxyl groups is 2. The van der Waals surface area contributed by atoms with Crippen molar-refractivity contribution >= 4 is 23.4 Å². The number of hydrogen-bond acceptors (Lipinski definition) is 11. The second-order valence-electron chi connectivity index (χ2n) is 10.8. The number of nitrogens with two attached hydrogens (primary N) is 1. The van der Waals surface area contributed by atoms with Crippen LogP contribution in [0.2, 0.25) is 0 Å². The van der Waals surface area contributed by atoms with E-state index in [0.717, 1.165) is 0 Å². The number of esters is 1. The van der Waals surface area contributed by atoms with Crippen LogP contribution in [0.3, 0.4) is 0 Å². The molecule has 0 aromatic rings. The first-order valence-electron chi connectivity index (χ1n) is 13.9. The number of ketones is 2. The van der Waals surface area contributed by atoms with Crippen LogP contribution in [0, 0.1) is 11.8 Å². The molecule has 234 valence electrons. The molecule has 1 heterocycles. The van der Waals surface area contributed by atoms with Crippen LogP contribution in [0.15, 0.2) is 46.1 Å². The molecule has 1 aliphatic carbocycles. The summed E-state index contributed by atoms with van der Waals surface area (Å²) in [5.74, 6) is -5.03. The highest BCUT2D eigenvalue weighted by atomic mass is 16.5. The number of rotatable bonds is 5. The number of aliphatic hydroxyl groups excluding tert-OH is 2. The first kappa shape index (κ1) is 35.0. The molecule has 1 unspecified atom stereocenters. The van der Waals surface area contributed by atoms with Crippen molar-refractivity contribution in [2.24, 2.45) is 17.6 Å². The third kappa shape index (κ3) is 8.45. The fourth-order valence-corrected chi connectivity index (χ4v) is 5.10. The number of fused-ring (bicyclic) bond motifs is 2. The molecule has 2 bridgehead atoms. The van der Waals surface area contributed by atoms with Crippen LogP contribution < -0.4 is 11.1 Å². The lowest BCUT2D eigenvalue weighted by molar-refractivity contribution is -0.141. The number of methoxy groups -OCH3 is 3. The number of amides is 1. The number of nitrogens with one attached hydrogen (secondary N) is 1. The minimum atomic E-state index is -0.984. The highest BCUT2D eigenvalue weighted by Crippen LogP contribution is 2.32. The number of carbonyl (C=O) groups excluding carboxylic acids is 4. The van der Waals surface area contributed by atoms with Crippen molar-refractivity contribution < 1.29 is 48.3 Å². The Morgan fingerprint density at radius 2 is 1.67 bits per heavy atom. The van der Waals surface area contributed by atoms with Gasteiger partial charge in [-0.1, -0.05) is 26.0 Å². The van der Waals surface area contributed by atoms with Crippen LogP contribution in [0.1, 0.15) is 53.4 Å². The highest BCUT2D eigenvalue weighted by Gasteiger charge is 2.40. The van der Waals surface area contributed by atoms with E-state index in [0.29, 0.717) is 24.8 Å². The Morgan fingerprint density at radius 1 is 1.02 bits per heavy atom. The Morgan fingerprint density at radius 3 is 2.24 bits per heavy atom. The standard InChI is InChI=1S/C30H44N2O10/c1-15-11-19-26(36)23(29(42-22(33)14-31)27(37)28(19)41-7)32-30(38)16(2)9-8-10-20(39-5)24(34)17(3)13-18(4)25(35)21(12-15)40-6/h9,13,15,18,20-21,24-25,34-35H,8,10-12,14,31H2,1-7H3,(H,32,38)/b16-9+,17-13+/t15-,18+,20?,21+,24+,25-/m1/s1. The number of carbonyl (C=O) groups is 4. The second kappa shape index (κ2) is 15.9. The van der Waals surface area contributed by atoms with Crippen molar-refractivity contribution in [2.75, 3.05) is 27.9 Å². The number of ether oxygens (including phenoxy) is 4. The Bertz CT molecular complexity index is 1170. The average Bonchev–Trinajstić information content (AvgIpc) is 2.96. The molecule has 0 saturated carbocycles. The van der Waals surface area contributed by atoms with Crippen molar-refractivity contribution in [2.45, 2.75) is 77.8 Å². The van der Waals surface area contributed by atoms with Crippen molar-refractivity contribution in [1.82, 2.24) is 5.32 Å². The summed E-state index contributed by atoms with van der Waals surface area (Å²) in [5.41, 5.74) is 5.68. The van der Waals surface area contributed by atoms with Crippen molar-refractivity contribution in [3.63, 3.8) is 0 Å². The molecule has 12 nitrogen and oxygen atoms in total. The summed E-state index contributed by atoms with van der Waals surface area (Å²) < 4.78 is 21.5. The maximum absolute atomic E-state index is 13.7. The van der Waals surface area contributed by atoms with E-state index in [1.807, 2.05) is 6.92 Å². The molecular formula is C30H44N2O10. The SMILES string of the molecule is COC1=C2C[C@@H](C)C[C@H](OC)[C@H](O)[C@@H](C)/C=C(\C)[C@H](O)C(OC)CC/C=C(\C)C(=O)NC(=C(OC(=O)CN)C1=O)C2=O. The lowest BCUT2D eigenvalue weighted by atomic mass is 9.85. The van der Waals surface area contributed by atoms with Gasteiger partial charge in [0.05, 0.1) is 32.0 Å². The monoisotopic (exact) mass is 592 g/mol. The summed E-state index contributed by atoms with van der Waals surface area (Å²) in [5, 5.41) is 24.5. The molecular weight excluding hydrogens is 548 g/mol. The topological polar surface area (TPSA) is 184 Å². The predicted octanol–water partition coefficient (Wildman–Crippen LogP) is 1.36. The number of hydrogen-bond donors (Lipinski definition) is 4. The summed E-state index contributed by atoms with van der Waals surface area (Å²) in [7, 11) is 4.15. The smallest absolute Gasteiger partial charge is 0.325 e. The maximum Gasteiger partial charge on any atom is 0.325 e. The molecule has 0 saturated heterocycles. The van der Waals surface area contributed by atoms with Gasteiger partial charge in [0.2, 0.25) is 11.5 Å². The normalized spacial score (nSPS) is 31.6. The van der Waals surface area contributed by atoms with E-state index in [9.17, 15) is 29.4 Å². The van der Waals surface area contributed by atoms with Crippen LogP contribution in [0.4, 0.5) is 0 Å². The van der Waals surface area contributed by atoms with Crippen LogP contribution in [0.5, 0.6) is 0 Å². The molecule has 42 heavy (non-hydrogen) atoms. The average molecular weight is 593 g/mol. The van der Waals surface area contributed by atoms with E-state index in [1.165, 1.54) is 28.3 Å². The Hall–Kier alpha value is -3.16. The second-order valence-corrected chi connectivity index (χ2v) is 10.8. The summed E-state index contributed by atoms with van der Waals surface area (Å²) in [6, 6.07) is 0. The zero-order valence-corrected chi connectivity index (χ0v) is 25.4. The van der Waals surface area contributed by atoms with Gasteiger partial charge < -0.3 is 40.2 Å². The molecule has 0 radical (unpaired) electrons. The third-order valence-electron chi connectivity index (χ3n) is 7.56. The molecule has 1 amide bonds. The molecule has 1 aliphatic heterocycles. The van der Waals surface area contributed by atoms with E-state index in [4.69, 9.17) is 24.7 Å². The predicted molar refractivity (Wildman–Crippen MR) is 152 cm³/mol. The summed E-state index contributed by atoms with van der Waals surface area (Å²) >= 11 is 0. The van der Waals surface area contributed by atoms with Gasteiger partial charge in [0.1, 0.15) is 11.8 Å². The minimum Gasteiger partial charge on any atom is -0.492 e. The van der Waals surface area contributed by atoms with Crippen molar-refractivity contribution in [3.8, 4) is 0 Å². The largest absolute Gasteiger partial charge is 0.492 e. The van der Waals surface area contributed by atoms with Gasteiger partial charge in [-0.3, -0.25) is 19.2 Å². The molecule has 0 aromatic carbocycles. The Balaban J connectivity index is 2.63. The van der Waals surface area contributed by atoms with E-state index < -0.39 is 71.8 Å². The molecule has 2 rings (SSSR count). The van der Waals surface area contributed by atoms with E-state index in [2.05, 4.69) is 5.32 Å². The lowest BCUT2D eigenvalue weighted by Gasteiger charge is -2.29. The van der Waals surface area contributed by atoms with Gasteiger partial charge in [0.15, 0.2) is 5.76 Å². The van der Waals surface area contributed by atoms with Gasteiger partial charge in [-0.25, -0.2) is 0 Å². The molecule has 0 spiro atoms. The van der Waals surface area contributed by atoms with E-state index in [1.54, 1.807) is 26.0 Å². The number of Topliss-reactive ketones (excluding diaryl/α,β-unsaturated/α-hetero) is 2. The molecule has 0 aromatic heterocycles. The molecule has 12 heteroatoms. The van der Waals surface area contributed by atoms with E-state index in [-0.39, 0.29) is 29.2 Å². The van der Waals surface area contributed by atoms with Gasteiger partial charge in [-0.2, -0.15) is 0 Å². The minimum absolute atomic E-state index is 0.0170. The van der Waals surface area contributed by atoms with Crippen LogP contribution in [-0.2, 0) is 38.1 Å². The fourth-order valence-electron chi connectivity index (χ4n) is 5.10. The summed E-state index contributed by atoms with van der Waals surface area (Å²) in [6.07, 6.45) is 1.24. The van der Waals surface area contributed by atoms with Crippen LogP contribution >= 0.6 is 0 Å². The van der Waals surface area contributed by atoms with Gasteiger partial charge in [0.25, 0.3) is 11.7 Å². The zero-order valence-electron chi connectivity index (χ0n) is 25.4. The van der Waals surface area contributed by atoms with Gasteiger partial charge in [-0.15, -0.1) is 0 Å². The Kier molecular flexibility index (Phi) is 13.3. The maximum atomic E-state index is 13.7. The van der Waals surface area contributed by atoms with Gasteiger partial charge in [0, 0.05) is 31.3 Å². The van der Waals surface area contributed by atoms with Crippen LogP contribution in [-0.4, -0.2) is 85.9 Å². The first-order chi connectivity index (χ1) is 19.8. The molecule has 5 N–H and O–H groups in total. The first-order valence-corrected chi connectivity index (χ1v) is 13.9. The van der Waals surface area contributed by atoms with Crippen molar-refractivity contribution in [1.29, 1.82) is 0 Å². The van der Waals surface area contributed by atoms with Crippen LogP contribution in [0.25, 0.3) is 0 Å². The quantitative estimate of drug-likeness (QED) is 0.205. The lowest BCUT2D eigenvalue weighted by Crippen LogP contribution is -2.38. The molecule has 6 atom stereocenters. The fraction of sp³-hybridized carbons (Fsp3) is 0.600. The van der Waals surface area contributed by atoms with Crippen molar-refractivity contribution in [3.05, 3.63) is 46.1 Å². The van der Waals surface area contributed by atoms with Gasteiger partial charge in [-0.05, 0) is 51.0 Å². The number of allylic oxidation sites excluding steroid dienone is 2. The van der Waals surface area contributed by atoms with E-state index >= 15 is 0 Å². The third-order valence-corrected chi connectivity index (χ3v) is 7.56.